The Morgan fingerprint density at radius 3 is 2.77 bits per heavy atom. The van der Waals surface area contributed by atoms with Gasteiger partial charge in [0.1, 0.15) is 0 Å². The fourth-order valence-electron chi connectivity index (χ4n) is 1.22. The molecule has 0 aromatic rings. The first-order valence-electron chi connectivity index (χ1n) is 4.83. The maximum absolute atomic E-state index is 7.47. The lowest BCUT2D eigenvalue weighted by Crippen LogP contribution is -2.37. The lowest BCUT2D eigenvalue weighted by molar-refractivity contribution is 0.0410. The Labute approximate surface area is 84.3 Å². The minimum Gasteiger partial charge on any atom is -0.379 e. The third kappa shape index (κ3) is 4.64. The van der Waals surface area contributed by atoms with E-state index in [1.165, 1.54) is 0 Å². The van der Waals surface area contributed by atoms with Gasteiger partial charge in [0.05, 0.1) is 18.3 Å². The Bertz CT molecular complexity index is 158. The van der Waals surface area contributed by atoms with E-state index in [0.717, 1.165) is 50.1 Å². The Morgan fingerprint density at radius 2 is 2.15 bits per heavy atom. The quantitative estimate of drug-likeness (QED) is 0.553. The van der Waals surface area contributed by atoms with Crippen molar-refractivity contribution in [3.05, 3.63) is 0 Å². The summed E-state index contributed by atoms with van der Waals surface area (Å²) in [4.78, 5) is 2.40. The summed E-state index contributed by atoms with van der Waals surface area (Å²) in [5.41, 5.74) is 0. The van der Waals surface area contributed by atoms with Gasteiger partial charge in [-0.25, -0.2) is 0 Å². The molecule has 0 bridgehead atoms. The lowest BCUT2D eigenvalue weighted by Gasteiger charge is -2.26. The SMILES string of the molecule is CCC(=N)SCCN1CCOCC1. The zero-order valence-corrected chi connectivity index (χ0v) is 9.03. The van der Waals surface area contributed by atoms with Gasteiger partial charge in [0, 0.05) is 25.4 Å². The largest absolute Gasteiger partial charge is 0.379 e. The average molecular weight is 202 g/mol. The molecule has 0 aromatic carbocycles. The van der Waals surface area contributed by atoms with Crippen molar-refractivity contribution in [3.63, 3.8) is 0 Å². The summed E-state index contributed by atoms with van der Waals surface area (Å²) in [7, 11) is 0. The standard InChI is InChI=1S/C9H18N2OS/c1-2-9(10)13-8-5-11-3-6-12-7-4-11/h10H,2-8H2,1H3. The molecule has 76 valence electrons. The summed E-state index contributed by atoms with van der Waals surface area (Å²) in [6.45, 7) is 6.98. The Hall–Kier alpha value is -0.0600. The van der Waals surface area contributed by atoms with Gasteiger partial charge in [-0.2, -0.15) is 0 Å². The van der Waals surface area contributed by atoms with Crippen molar-refractivity contribution in [3.8, 4) is 0 Å². The minimum absolute atomic E-state index is 0.799. The topological polar surface area (TPSA) is 36.3 Å². The van der Waals surface area contributed by atoms with Crippen LogP contribution in [0.1, 0.15) is 13.3 Å². The van der Waals surface area contributed by atoms with Crippen LogP contribution in [0.15, 0.2) is 0 Å². The van der Waals surface area contributed by atoms with E-state index in [9.17, 15) is 0 Å². The molecule has 13 heavy (non-hydrogen) atoms. The Balaban J connectivity index is 2.01. The van der Waals surface area contributed by atoms with Gasteiger partial charge in [0.25, 0.3) is 0 Å². The van der Waals surface area contributed by atoms with E-state index >= 15 is 0 Å². The van der Waals surface area contributed by atoms with E-state index < -0.39 is 0 Å². The summed E-state index contributed by atoms with van der Waals surface area (Å²) in [5.74, 6) is 1.05. The first kappa shape index (κ1) is 11.0. The number of rotatable bonds is 4. The van der Waals surface area contributed by atoms with Crippen molar-refractivity contribution in [2.75, 3.05) is 38.6 Å². The number of hydrogen-bond donors (Lipinski definition) is 1. The van der Waals surface area contributed by atoms with E-state index in [2.05, 4.69) is 4.90 Å². The molecule has 1 aliphatic rings. The molecule has 1 saturated heterocycles. The molecule has 0 aliphatic carbocycles. The predicted octanol–water partition coefficient (Wildman–Crippen LogP) is 1.44. The van der Waals surface area contributed by atoms with Gasteiger partial charge in [0.2, 0.25) is 0 Å². The first-order valence-corrected chi connectivity index (χ1v) is 5.82. The van der Waals surface area contributed by atoms with Crippen LogP contribution in [0.25, 0.3) is 0 Å². The summed E-state index contributed by atoms with van der Waals surface area (Å²) in [6, 6.07) is 0. The second kappa shape index (κ2) is 6.40. The normalized spacial score (nSPS) is 18.8. The van der Waals surface area contributed by atoms with Crippen LogP contribution in [0.3, 0.4) is 0 Å². The van der Waals surface area contributed by atoms with Crippen LogP contribution in [0.2, 0.25) is 0 Å². The van der Waals surface area contributed by atoms with E-state index in [4.69, 9.17) is 10.1 Å². The van der Waals surface area contributed by atoms with E-state index in [0.29, 0.717) is 0 Å². The van der Waals surface area contributed by atoms with Crippen molar-refractivity contribution >= 4 is 16.8 Å². The van der Waals surface area contributed by atoms with Gasteiger partial charge in [0.15, 0.2) is 0 Å². The van der Waals surface area contributed by atoms with Gasteiger partial charge >= 0.3 is 0 Å². The second-order valence-corrected chi connectivity index (χ2v) is 4.27. The van der Waals surface area contributed by atoms with Crippen molar-refractivity contribution in [2.45, 2.75) is 13.3 Å². The number of nitrogens with one attached hydrogen (secondary N) is 1. The number of thioether (sulfide) groups is 1. The molecule has 1 fully saturated rings. The minimum atomic E-state index is 0.799. The number of hydrogen-bond acceptors (Lipinski definition) is 4. The maximum Gasteiger partial charge on any atom is 0.0639 e. The molecule has 3 nitrogen and oxygen atoms in total. The van der Waals surface area contributed by atoms with Gasteiger partial charge in [-0.3, -0.25) is 10.3 Å². The molecule has 0 amide bonds. The number of ether oxygens (including phenoxy) is 1. The smallest absolute Gasteiger partial charge is 0.0639 e. The highest BCUT2D eigenvalue weighted by atomic mass is 32.2. The zero-order chi connectivity index (χ0) is 9.52. The molecular formula is C9H18N2OS. The van der Waals surface area contributed by atoms with Crippen molar-refractivity contribution in [2.24, 2.45) is 0 Å². The Morgan fingerprint density at radius 1 is 1.46 bits per heavy atom. The summed E-state index contributed by atoms with van der Waals surface area (Å²) in [6.07, 6.45) is 0.869. The van der Waals surface area contributed by atoms with Gasteiger partial charge in [-0.05, 0) is 6.42 Å². The fourth-order valence-corrected chi connectivity index (χ4v) is 2.02. The van der Waals surface area contributed by atoms with Crippen LogP contribution >= 0.6 is 11.8 Å². The second-order valence-electron chi connectivity index (χ2n) is 3.08. The highest BCUT2D eigenvalue weighted by Gasteiger charge is 2.09. The monoisotopic (exact) mass is 202 g/mol. The van der Waals surface area contributed by atoms with E-state index in [1.54, 1.807) is 11.8 Å². The maximum atomic E-state index is 7.47. The third-order valence-electron chi connectivity index (χ3n) is 2.11. The molecule has 0 saturated carbocycles. The molecule has 1 rings (SSSR count). The molecular weight excluding hydrogens is 184 g/mol. The average Bonchev–Trinajstić information content (AvgIpc) is 2.19. The van der Waals surface area contributed by atoms with Crippen LogP contribution < -0.4 is 0 Å². The van der Waals surface area contributed by atoms with Crippen LogP contribution in [0, 0.1) is 5.41 Å². The fraction of sp³-hybridized carbons (Fsp3) is 0.889. The van der Waals surface area contributed by atoms with Crippen LogP contribution in [-0.4, -0.2) is 48.5 Å². The first-order chi connectivity index (χ1) is 6.33. The molecule has 0 aromatic heterocycles. The molecule has 0 unspecified atom stereocenters. The van der Waals surface area contributed by atoms with Crippen LogP contribution in [-0.2, 0) is 4.74 Å². The van der Waals surface area contributed by atoms with E-state index in [1.807, 2.05) is 6.92 Å². The summed E-state index contributed by atoms with van der Waals surface area (Å²) < 4.78 is 5.26. The van der Waals surface area contributed by atoms with Gasteiger partial charge < -0.3 is 4.74 Å². The number of morpholine rings is 1. The van der Waals surface area contributed by atoms with Crippen LogP contribution in [0.5, 0.6) is 0 Å². The summed E-state index contributed by atoms with van der Waals surface area (Å²) >= 11 is 1.67. The van der Waals surface area contributed by atoms with Gasteiger partial charge in [-0.15, -0.1) is 11.8 Å². The van der Waals surface area contributed by atoms with Crippen molar-refractivity contribution in [1.82, 2.24) is 4.90 Å². The van der Waals surface area contributed by atoms with Crippen molar-refractivity contribution < 1.29 is 4.74 Å². The zero-order valence-electron chi connectivity index (χ0n) is 8.21. The number of nitrogens with zero attached hydrogens (tertiary/aromatic N) is 1. The predicted molar refractivity (Wildman–Crippen MR) is 57.7 cm³/mol. The molecule has 1 heterocycles. The molecule has 1 N–H and O–H groups in total. The molecule has 1 aliphatic heterocycles. The highest BCUT2D eigenvalue weighted by Crippen LogP contribution is 2.06. The summed E-state index contributed by atoms with van der Waals surface area (Å²) in [5, 5.41) is 8.27. The molecule has 0 atom stereocenters. The molecule has 0 radical (unpaired) electrons. The lowest BCUT2D eigenvalue weighted by atomic mass is 10.4. The third-order valence-corrected chi connectivity index (χ3v) is 3.13. The van der Waals surface area contributed by atoms with Gasteiger partial charge in [-0.1, -0.05) is 6.92 Å². The molecule has 4 heteroatoms. The van der Waals surface area contributed by atoms with Crippen LogP contribution in [0.4, 0.5) is 0 Å². The molecule has 0 spiro atoms. The van der Waals surface area contributed by atoms with E-state index in [-0.39, 0.29) is 0 Å². The highest BCUT2D eigenvalue weighted by molar-refractivity contribution is 8.13. The Kier molecular flexibility index (Phi) is 5.43. The van der Waals surface area contributed by atoms with Crippen molar-refractivity contribution in [1.29, 1.82) is 5.41 Å².